The fourth-order valence-corrected chi connectivity index (χ4v) is 2.62. The number of nitrogens with one attached hydrogen (secondary N) is 1. The summed E-state index contributed by atoms with van der Waals surface area (Å²) < 4.78 is 3.98. The average Bonchev–Trinajstić information content (AvgIpc) is 2.95. The molecule has 0 aliphatic carbocycles. The Kier molecular flexibility index (Phi) is 5.48. The molecule has 4 heteroatoms. The van der Waals surface area contributed by atoms with Crippen LogP contribution < -0.4 is 5.32 Å². The third-order valence-corrected chi connectivity index (χ3v) is 3.65. The van der Waals surface area contributed by atoms with E-state index in [0.29, 0.717) is 0 Å². The monoisotopic (exact) mass is 275 g/mol. The number of nitrogens with zero attached hydrogens (tertiary/aromatic N) is 2. The van der Waals surface area contributed by atoms with Gasteiger partial charge in [0.1, 0.15) is 0 Å². The van der Waals surface area contributed by atoms with E-state index in [-0.39, 0.29) is 6.04 Å². The average molecular weight is 275 g/mol. The Morgan fingerprint density at radius 2 is 1.95 bits per heavy atom. The smallest absolute Gasteiger partial charge is 0.0970 e. The summed E-state index contributed by atoms with van der Waals surface area (Å²) in [6.45, 7) is 5.37. The molecule has 102 valence electrons. The summed E-state index contributed by atoms with van der Waals surface area (Å²) in [6.07, 6.45) is 3.44. The maximum atomic E-state index is 4.21. The molecule has 1 unspecified atom stereocenters. The summed E-state index contributed by atoms with van der Waals surface area (Å²) in [5.41, 5.74) is 3.68. The zero-order valence-electron chi connectivity index (χ0n) is 11.6. The van der Waals surface area contributed by atoms with Crippen molar-refractivity contribution in [1.29, 1.82) is 0 Å². The first-order valence-electron chi connectivity index (χ1n) is 6.94. The number of rotatable bonds is 7. The predicted octanol–water partition coefficient (Wildman–Crippen LogP) is 3.58. The van der Waals surface area contributed by atoms with Gasteiger partial charge in [0.2, 0.25) is 0 Å². The molecule has 0 radical (unpaired) electrons. The minimum absolute atomic E-state index is 0.161. The first-order valence-corrected chi connectivity index (χ1v) is 7.78. The van der Waals surface area contributed by atoms with Gasteiger partial charge in [-0.15, -0.1) is 5.10 Å². The van der Waals surface area contributed by atoms with Crippen molar-refractivity contribution in [3.63, 3.8) is 0 Å². The zero-order valence-corrected chi connectivity index (χ0v) is 12.4. The highest BCUT2D eigenvalue weighted by Crippen LogP contribution is 2.21. The van der Waals surface area contributed by atoms with E-state index in [1.165, 1.54) is 29.1 Å². The molecule has 1 atom stereocenters. The van der Waals surface area contributed by atoms with E-state index in [0.717, 1.165) is 25.1 Å². The van der Waals surface area contributed by atoms with E-state index >= 15 is 0 Å². The Hall–Kier alpha value is -1.26. The molecule has 0 saturated carbocycles. The van der Waals surface area contributed by atoms with Gasteiger partial charge in [-0.2, -0.15) is 0 Å². The molecular weight excluding hydrogens is 254 g/mol. The maximum Gasteiger partial charge on any atom is 0.0970 e. The fourth-order valence-electron chi connectivity index (χ4n) is 2.14. The third kappa shape index (κ3) is 3.85. The van der Waals surface area contributed by atoms with Gasteiger partial charge in [0.05, 0.1) is 11.7 Å². The van der Waals surface area contributed by atoms with Crippen LogP contribution in [0.5, 0.6) is 0 Å². The molecule has 2 aromatic rings. The van der Waals surface area contributed by atoms with Gasteiger partial charge in [-0.25, -0.2) is 0 Å². The van der Waals surface area contributed by atoms with Crippen molar-refractivity contribution < 1.29 is 0 Å². The van der Waals surface area contributed by atoms with E-state index in [9.17, 15) is 0 Å². The molecule has 1 N–H and O–H groups in total. The lowest BCUT2D eigenvalue weighted by Crippen LogP contribution is -2.23. The van der Waals surface area contributed by atoms with Crippen molar-refractivity contribution >= 4 is 11.5 Å². The van der Waals surface area contributed by atoms with Crippen LogP contribution in [0.25, 0.3) is 0 Å². The third-order valence-electron chi connectivity index (χ3n) is 3.12. The van der Waals surface area contributed by atoms with Crippen molar-refractivity contribution in [2.75, 3.05) is 6.54 Å². The summed E-state index contributed by atoms with van der Waals surface area (Å²) in [5, 5.41) is 9.78. The van der Waals surface area contributed by atoms with Crippen molar-refractivity contribution in [2.24, 2.45) is 0 Å². The van der Waals surface area contributed by atoms with Crippen LogP contribution in [0.2, 0.25) is 0 Å². The minimum atomic E-state index is 0.161. The highest BCUT2D eigenvalue weighted by molar-refractivity contribution is 7.03. The van der Waals surface area contributed by atoms with Gasteiger partial charge >= 0.3 is 0 Å². The Labute approximate surface area is 119 Å². The quantitative estimate of drug-likeness (QED) is 0.839. The van der Waals surface area contributed by atoms with Gasteiger partial charge in [-0.1, -0.05) is 49.0 Å². The fraction of sp³-hybridized carbons (Fsp3) is 0.467. The van der Waals surface area contributed by atoms with Gasteiger partial charge in [0.25, 0.3) is 0 Å². The minimum Gasteiger partial charge on any atom is -0.305 e. The lowest BCUT2D eigenvalue weighted by Gasteiger charge is -2.16. The van der Waals surface area contributed by atoms with Gasteiger partial charge in [0.15, 0.2) is 0 Å². The van der Waals surface area contributed by atoms with E-state index < -0.39 is 0 Å². The van der Waals surface area contributed by atoms with Gasteiger partial charge in [-0.05, 0) is 42.0 Å². The van der Waals surface area contributed by atoms with Crippen LogP contribution in [0.15, 0.2) is 29.6 Å². The summed E-state index contributed by atoms with van der Waals surface area (Å²) in [5.74, 6) is 0. The molecule has 0 fully saturated rings. The number of hydrogen-bond donors (Lipinski definition) is 1. The summed E-state index contributed by atoms with van der Waals surface area (Å²) in [6, 6.07) is 9.02. The standard InChI is InChI=1S/C15H21N3S/c1-3-5-12-6-8-13(9-7-12)15(16-10-4-2)14-11-19-18-17-14/h6-9,11,15-16H,3-5,10H2,1-2H3. The molecule has 1 aromatic carbocycles. The molecule has 0 aliphatic rings. The normalized spacial score (nSPS) is 12.5. The van der Waals surface area contributed by atoms with Crippen LogP contribution in [-0.4, -0.2) is 16.1 Å². The second-order valence-corrected chi connectivity index (χ2v) is 5.32. The lowest BCUT2D eigenvalue weighted by molar-refractivity contribution is 0.585. The van der Waals surface area contributed by atoms with Crippen molar-refractivity contribution in [2.45, 2.75) is 39.2 Å². The molecule has 0 spiro atoms. The van der Waals surface area contributed by atoms with Crippen LogP contribution in [0.1, 0.15) is 49.6 Å². The van der Waals surface area contributed by atoms with Crippen molar-refractivity contribution in [3.8, 4) is 0 Å². The molecule has 0 bridgehead atoms. The van der Waals surface area contributed by atoms with Crippen LogP contribution in [0, 0.1) is 0 Å². The highest BCUT2D eigenvalue weighted by Gasteiger charge is 2.15. The summed E-state index contributed by atoms with van der Waals surface area (Å²) in [4.78, 5) is 0. The summed E-state index contributed by atoms with van der Waals surface area (Å²) >= 11 is 1.41. The van der Waals surface area contributed by atoms with E-state index in [2.05, 4.69) is 53.0 Å². The molecule has 2 rings (SSSR count). The van der Waals surface area contributed by atoms with E-state index in [1.54, 1.807) is 0 Å². The molecule has 1 heterocycles. The molecule has 19 heavy (non-hydrogen) atoms. The second kappa shape index (κ2) is 7.36. The first-order chi connectivity index (χ1) is 9.35. The predicted molar refractivity (Wildman–Crippen MR) is 80.5 cm³/mol. The van der Waals surface area contributed by atoms with E-state index in [1.807, 2.05) is 5.38 Å². The van der Waals surface area contributed by atoms with Crippen LogP contribution in [0.3, 0.4) is 0 Å². The number of hydrogen-bond acceptors (Lipinski definition) is 4. The zero-order chi connectivity index (χ0) is 13.5. The Morgan fingerprint density at radius 3 is 2.53 bits per heavy atom. The molecule has 1 aromatic heterocycles. The van der Waals surface area contributed by atoms with E-state index in [4.69, 9.17) is 0 Å². The van der Waals surface area contributed by atoms with Gasteiger partial charge in [-0.3, -0.25) is 0 Å². The second-order valence-electron chi connectivity index (χ2n) is 4.71. The number of aromatic nitrogens is 2. The largest absolute Gasteiger partial charge is 0.305 e. The molecule has 0 amide bonds. The molecule has 0 saturated heterocycles. The van der Waals surface area contributed by atoms with Crippen LogP contribution >= 0.6 is 11.5 Å². The number of benzene rings is 1. The Morgan fingerprint density at radius 1 is 1.16 bits per heavy atom. The van der Waals surface area contributed by atoms with Crippen LogP contribution in [-0.2, 0) is 6.42 Å². The topological polar surface area (TPSA) is 37.8 Å². The Balaban J connectivity index is 2.17. The van der Waals surface area contributed by atoms with Gasteiger partial charge in [0, 0.05) is 5.38 Å². The summed E-state index contributed by atoms with van der Waals surface area (Å²) in [7, 11) is 0. The first kappa shape index (κ1) is 14.2. The van der Waals surface area contributed by atoms with Crippen molar-refractivity contribution in [3.05, 3.63) is 46.5 Å². The van der Waals surface area contributed by atoms with Crippen LogP contribution in [0.4, 0.5) is 0 Å². The highest BCUT2D eigenvalue weighted by atomic mass is 32.1. The lowest BCUT2D eigenvalue weighted by atomic mass is 10.0. The Bertz CT molecular complexity index is 465. The van der Waals surface area contributed by atoms with Crippen molar-refractivity contribution in [1.82, 2.24) is 14.9 Å². The molecule has 0 aliphatic heterocycles. The van der Waals surface area contributed by atoms with Gasteiger partial charge < -0.3 is 5.32 Å². The maximum absolute atomic E-state index is 4.21. The molecular formula is C15H21N3S. The number of aryl methyl sites for hydroxylation is 1. The SMILES string of the molecule is CCCNC(c1ccc(CCC)cc1)c1csnn1. The molecule has 3 nitrogen and oxygen atoms in total.